The molecule has 120 valence electrons. The minimum absolute atomic E-state index is 0.00290. The van der Waals surface area contributed by atoms with Crippen LogP contribution in [0.5, 0.6) is 0 Å². The molecule has 0 aliphatic heterocycles. The Morgan fingerprint density at radius 3 is 1.81 bits per heavy atom. The number of rotatable bonds is 12. The molecule has 0 N–H and O–H groups in total. The van der Waals surface area contributed by atoms with Gasteiger partial charge in [0.15, 0.2) is 0 Å². The number of carbonyl (C=O) groups is 2. The summed E-state index contributed by atoms with van der Waals surface area (Å²) in [7, 11) is 0.687. The standard InChI is InChI=1S/C15H26O5Si/c1-4-13(16)18-10-6-8-15(3,12-20-21)9-7-11-19-14(17)5-2/h4-5H,1-2,6-12H2,3,21H3. The zero-order valence-corrected chi connectivity index (χ0v) is 15.1. The van der Waals surface area contributed by atoms with E-state index in [0.717, 1.165) is 37.8 Å². The average Bonchev–Trinajstić information content (AvgIpc) is 2.48. The van der Waals surface area contributed by atoms with Gasteiger partial charge in [0.2, 0.25) is 0 Å². The van der Waals surface area contributed by atoms with Crippen LogP contribution in [-0.4, -0.2) is 42.2 Å². The van der Waals surface area contributed by atoms with Crippen molar-refractivity contribution in [2.75, 3.05) is 19.8 Å². The summed E-state index contributed by atoms with van der Waals surface area (Å²) < 4.78 is 15.3. The van der Waals surface area contributed by atoms with Crippen LogP contribution in [-0.2, 0) is 23.5 Å². The summed E-state index contributed by atoms with van der Waals surface area (Å²) in [6, 6.07) is 0. The second kappa shape index (κ2) is 11.3. The van der Waals surface area contributed by atoms with E-state index < -0.39 is 11.9 Å². The second-order valence-electron chi connectivity index (χ2n) is 5.19. The molecule has 0 amide bonds. The Balaban J connectivity index is 4.04. The van der Waals surface area contributed by atoms with Gasteiger partial charge < -0.3 is 13.9 Å². The van der Waals surface area contributed by atoms with Gasteiger partial charge in [0, 0.05) is 18.8 Å². The Morgan fingerprint density at radius 2 is 1.48 bits per heavy atom. The average molecular weight is 314 g/mol. The van der Waals surface area contributed by atoms with Gasteiger partial charge in [-0.2, -0.15) is 0 Å². The maximum Gasteiger partial charge on any atom is 0.330 e. The molecule has 21 heavy (non-hydrogen) atoms. The molecular formula is C15H26O5Si. The molecule has 0 fully saturated rings. The molecule has 6 heteroatoms. The highest BCUT2D eigenvalue weighted by Crippen LogP contribution is 2.29. The quantitative estimate of drug-likeness (QED) is 0.235. The number of ether oxygens (including phenoxy) is 2. The first kappa shape index (κ1) is 19.6. The van der Waals surface area contributed by atoms with Crippen LogP contribution in [0.4, 0.5) is 0 Å². The summed E-state index contributed by atoms with van der Waals surface area (Å²) in [6.07, 6.45) is 5.63. The zero-order valence-electron chi connectivity index (χ0n) is 13.1. The maximum absolute atomic E-state index is 10.9. The smallest absolute Gasteiger partial charge is 0.330 e. The molecule has 0 unspecified atom stereocenters. The Bertz CT molecular complexity index is 326. The summed E-state index contributed by atoms with van der Waals surface area (Å²) in [5, 5.41) is 0. The first-order valence-electron chi connectivity index (χ1n) is 7.05. The Hall–Kier alpha value is -1.40. The Kier molecular flexibility index (Phi) is 10.5. The number of esters is 2. The number of carbonyl (C=O) groups excluding carboxylic acids is 2. The van der Waals surface area contributed by atoms with Gasteiger partial charge in [-0.1, -0.05) is 20.1 Å². The summed E-state index contributed by atoms with van der Waals surface area (Å²) in [6.45, 7) is 10.3. The predicted molar refractivity (Wildman–Crippen MR) is 84.8 cm³/mol. The third-order valence-electron chi connectivity index (χ3n) is 3.16. The van der Waals surface area contributed by atoms with E-state index in [9.17, 15) is 9.59 Å². The van der Waals surface area contributed by atoms with E-state index >= 15 is 0 Å². The maximum atomic E-state index is 10.9. The van der Waals surface area contributed by atoms with Crippen molar-refractivity contribution < 1.29 is 23.5 Å². The largest absolute Gasteiger partial charge is 0.463 e. The van der Waals surface area contributed by atoms with Gasteiger partial charge in [-0.05, 0) is 31.1 Å². The van der Waals surface area contributed by atoms with Gasteiger partial charge in [0.1, 0.15) is 10.5 Å². The van der Waals surface area contributed by atoms with Gasteiger partial charge >= 0.3 is 11.9 Å². The molecule has 0 saturated carbocycles. The van der Waals surface area contributed by atoms with E-state index in [1.165, 1.54) is 0 Å². The van der Waals surface area contributed by atoms with Gasteiger partial charge in [0.05, 0.1) is 13.2 Å². The SMILES string of the molecule is C=CC(=O)OCCCC(C)(CCCOC(=O)C=C)CO[SiH3]. The summed E-state index contributed by atoms with van der Waals surface area (Å²) >= 11 is 0. The molecule has 0 saturated heterocycles. The van der Waals surface area contributed by atoms with Crippen molar-refractivity contribution in [1.82, 2.24) is 0 Å². The molecule has 5 nitrogen and oxygen atoms in total. The molecular weight excluding hydrogens is 288 g/mol. The molecule has 0 heterocycles. The van der Waals surface area contributed by atoms with Crippen LogP contribution in [0.2, 0.25) is 0 Å². The fraction of sp³-hybridized carbons (Fsp3) is 0.600. The highest BCUT2D eigenvalue weighted by atomic mass is 28.2. The fourth-order valence-corrected chi connectivity index (χ4v) is 2.78. The van der Waals surface area contributed by atoms with E-state index in [2.05, 4.69) is 20.1 Å². The van der Waals surface area contributed by atoms with Crippen LogP contribution in [0.3, 0.4) is 0 Å². The number of hydrogen-bond donors (Lipinski definition) is 0. The molecule has 0 aliphatic carbocycles. The van der Waals surface area contributed by atoms with E-state index in [4.69, 9.17) is 13.9 Å². The lowest BCUT2D eigenvalue weighted by Gasteiger charge is -2.29. The van der Waals surface area contributed by atoms with E-state index in [1.54, 1.807) is 0 Å². The summed E-state index contributed by atoms with van der Waals surface area (Å²) in [5.74, 6) is -0.792. The first-order valence-corrected chi connectivity index (χ1v) is 7.86. The van der Waals surface area contributed by atoms with Crippen molar-refractivity contribution in [2.45, 2.75) is 32.6 Å². The molecule has 0 aromatic carbocycles. The van der Waals surface area contributed by atoms with Crippen LogP contribution >= 0.6 is 0 Å². The lowest BCUT2D eigenvalue weighted by molar-refractivity contribution is -0.138. The molecule has 0 atom stereocenters. The van der Waals surface area contributed by atoms with Crippen LogP contribution in [0.15, 0.2) is 25.3 Å². The fourth-order valence-electron chi connectivity index (χ4n) is 2.08. The predicted octanol–water partition coefficient (Wildman–Crippen LogP) is 1.31. The molecule has 0 aliphatic rings. The van der Waals surface area contributed by atoms with Crippen molar-refractivity contribution in [3.05, 3.63) is 25.3 Å². The minimum Gasteiger partial charge on any atom is -0.463 e. The molecule has 0 bridgehead atoms. The van der Waals surface area contributed by atoms with E-state index in [1.807, 2.05) is 0 Å². The monoisotopic (exact) mass is 314 g/mol. The molecule has 0 rings (SSSR count). The lowest BCUT2D eigenvalue weighted by Crippen LogP contribution is -2.24. The molecule has 0 radical (unpaired) electrons. The van der Waals surface area contributed by atoms with E-state index in [0.29, 0.717) is 30.3 Å². The molecule has 0 aromatic heterocycles. The van der Waals surface area contributed by atoms with Gasteiger partial charge in [-0.25, -0.2) is 9.59 Å². The minimum atomic E-state index is -0.396. The van der Waals surface area contributed by atoms with Gasteiger partial charge in [-0.15, -0.1) is 0 Å². The highest BCUT2D eigenvalue weighted by molar-refractivity contribution is 5.97. The van der Waals surface area contributed by atoms with Crippen molar-refractivity contribution in [3.8, 4) is 0 Å². The van der Waals surface area contributed by atoms with Crippen LogP contribution in [0.25, 0.3) is 0 Å². The number of hydrogen-bond acceptors (Lipinski definition) is 5. The van der Waals surface area contributed by atoms with Crippen molar-refractivity contribution in [3.63, 3.8) is 0 Å². The van der Waals surface area contributed by atoms with Crippen LogP contribution < -0.4 is 0 Å². The van der Waals surface area contributed by atoms with Crippen molar-refractivity contribution in [1.29, 1.82) is 0 Å². The third kappa shape index (κ3) is 10.0. The van der Waals surface area contributed by atoms with Crippen LogP contribution in [0, 0.1) is 5.41 Å². The van der Waals surface area contributed by atoms with Crippen molar-refractivity contribution in [2.24, 2.45) is 5.41 Å². The van der Waals surface area contributed by atoms with E-state index in [-0.39, 0.29) is 5.41 Å². The van der Waals surface area contributed by atoms with Crippen molar-refractivity contribution >= 4 is 22.4 Å². The first-order chi connectivity index (χ1) is 9.97. The van der Waals surface area contributed by atoms with Gasteiger partial charge in [-0.3, -0.25) is 0 Å². The molecule has 0 spiro atoms. The third-order valence-corrected chi connectivity index (χ3v) is 3.45. The van der Waals surface area contributed by atoms with Crippen LogP contribution in [0.1, 0.15) is 32.6 Å². The Morgan fingerprint density at radius 1 is 1.05 bits per heavy atom. The van der Waals surface area contributed by atoms with Gasteiger partial charge in [0.25, 0.3) is 0 Å². The molecule has 0 aromatic rings. The second-order valence-corrected chi connectivity index (χ2v) is 5.77. The Labute approximate surface area is 129 Å². The lowest BCUT2D eigenvalue weighted by atomic mass is 9.82. The topological polar surface area (TPSA) is 61.8 Å². The summed E-state index contributed by atoms with van der Waals surface area (Å²) in [5.41, 5.74) is 0.00290. The normalized spacial score (nSPS) is 10.9. The zero-order chi connectivity index (χ0) is 16.1. The summed E-state index contributed by atoms with van der Waals surface area (Å²) in [4.78, 5) is 21.9. The highest BCUT2D eigenvalue weighted by Gasteiger charge is 2.23.